The van der Waals surface area contributed by atoms with Crippen LogP contribution in [-0.2, 0) is 0 Å². The van der Waals surface area contributed by atoms with Gasteiger partial charge in [-0.25, -0.2) is 19.3 Å². The van der Waals surface area contributed by atoms with E-state index in [0.717, 1.165) is 40.4 Å². The number of hydrogen-bond acceptors (Lipinski definition) is 4. The fourth-order valence-electron chi connectivity index (χ4n) is 2.77. The Hall–Kier alpha value is -2.96. The van der Waals surface area contributed by atoms with Crippen molar-refractivity contribution in [1.29, 1.82) is 0 Å². The molecule has 0 aliphatic rings. The lowest BCUT2D eigenvalue weighted by molar-refractivity contribution is 0.487. The molecule has 1 N–H and O–H groups in total. The number of rotatable bonds is 4. The third-order valence-electron chi connectivity index (χ3n) is 4.35. The lowest BCUT2D eigenvalue weighted by Gasteiger charge is -2.08. The molecule has 122 valence electrons. The van der Waals surface area contributed by atoms with Crippen molar-refractivity contribution in [1.82, 2.24) is 34.5 Å². The van der Waals surface area contributed by atoms with E-state index in [2.05, 4.69) is 34.0 Å². The van der Waals surface area contributed by atoms with Gasteiger partial charge < -0.3 is 4.98 Å². The molecule has 0 spiro atoms. The number of aryl methyl sites for hydroxylation is 1. The number of hydrogen-bond donors (Lipinski definition) is 1. The van der Waals surface area contributed by atoms with Crippen LogP contribution < -0.4 is 0 Å². The topological polar surface area (TPSA) is 77.2 Å². The molecule has 4 rings (SSSR count). The van der Waals surface area contributed by atoms with Gasteiger partial charge in [0.05, 0.1) is 17.4 Å². The number of aromatic amines is 1. The van der Waals surface area contributed by atoms with Crippen molar-refractivity contribution in [3.63, 3.8) is 0 Å². The molecular weight excluding hydrogens is 302 g/mol. The van der Waals surface area contributed by atoms with E-state index in [1.165, 1.54) is 6.33 Å². The highest BCUT2D eigenvalue weighted by Gasteiger charge is 2.16. The van der Waals surface area contributed by atoms with Crippen molar-refractivity contribution >= 4 is 11.2 Å². The normalized spacial score (nSPS) is 12.8. The van der Waals surface area contributed by atoms with Crippen LogP contribution in [0.3, 0.4) is 0 Å². The lowest BCUT2D eigenvalue weighted by Crippen LogP contribution is -2.06. The van der Waals surface area contributed by atoms with Crippen LogP contribution >= 0.6 is 0 Å². The van der Waals surface area contributed by atoms with Gasteiger partial charge in [0.25, 0.3) is 0 Å². The second kappa shape index (κ2) is 5.59. The molecule has 0 radical (unpaired) electrons. The van der Waals surface area contributed by atoms with Crippen LogP contribution in [0.4, 0.5) is 0 Å². The monoisotopic (exact) mass is 321 g/mol. The van der Waals surface area contributed by atoms with E-state index in [1.807, 2.05) is 35.9 Å². The van der Waals surface area contributed by atoms with Crippen LogP contribution in [0.1, 0.15) is 32.0 Å². The fraction of sp³-hybridized carbons (Fsp3) is 0.294. The standard InChI is InChI=1S/C17H19N7/c1-4-11(2)24-17-15(12(3)22-24)20-16(21-17)13-5-7-14(8-6-13)23-10-18-9-19-23/h5-11H,4H2,1-3H3,(H,20,21). The first-order valence-electron chi connectivity index (χ1n) is 8.07. The Morgan fingerprint density at radius 1 is 1.21 bits per heavy atom. The molecule has 0 saturated carbocycles. The molecule has 0 fully saturated rings. The number of imidazole rings is 1. The van der Waals surface area contributed by atoms with Gasteiger partial charge in [-0.1, -0.05) is 6.92 Å². The molecule has 0 amide bonds. The van der Waals surface area contributed by atoms with Gasteiger partial charge in [-0.05, 0) is 44.5 Å². The summed E-state index contributed by atoms with van der Waals surface area (Å²) in [4.78, 5) is 12.1. The zero-order chi connectivity index (χ0) is 16.7. The third-order valence-corrected chi connectivity index (χ3v) is 4.35. The highest BCUT2D eigenvalue weighted by Crippen LogP contribution is 2.25. The van der Waals surface area contributed by atoms with Crippen LogP contribution in [0.15, 0.2) is 36.9 Å². The maximum absolute atomic E-state index is 4.78. The van der Waals surface area contributed by atoms with Gasteiger partial charge in [-0.3, -0.25) is 0 Å². The minimum atomic E-state index is 0.326. The maximum atomic E-state index is 4.78. The zero-order valence-corrected chi connectivity index (χ0v) is 13.9. The molecular formula is C17H19N7. The minimum Gasteiger partial charge on any atom is -0.335 e. The van der Waals surface area contributed by atoms with E-state index >= 15 is 0 Å². The van der Waals surface area contributed by atoms with Crippen LogP contribution in [0, 0.1) is 6.92 Å². The Bertz CT molecular complexity index is 961. The summed E-state index contributed by atoms with van der Waals surface area (Å²) in [6.07, 6.45) is 4.22. The summed E-state index contributed by atoms with van der Waals surface area (Å²) in [5.74, 6) is 0.854. The molecule has 0 saturated heterocycles. The van der Waals surface area contributed by atoms with Gasteiger partial charge in [0.1, 0.15) is 24.0 Å². The Kier molecular flexibility index (Phi) is 3.41. The van der Waals surface area contributed by atoms with E-state index in [0.29, 0.717) is 6.04 Å². The van der Waals surface area contributed by atoms with Crippen molar-refractivity contribution in [2.45, 2.75) is 33.2 Å². The maximum Gasteiger partial charge on any atom is 0.177 e. The van der Waals surface area contributed by atoms with Gasteiger partial charge >= 0.3 is 0 Å². The average molecular weight is 321 g/mol. The molecule has 0 bridgehead atoms. The molecule has 1 unspecified atom stereocenters. The molecule has 3 aromatic heterocycles. The molecule has 0 aliphatic carbocycles. The first-order valence-corrected chi connectivity index (χ1v) is 8.07. The Morgan fingerprint density at radius 3 is 2.67 bits per heavy atom. The van der Waals surface area contributed by atoms with E-state index < -0.39 is 0 Å². The second-order valence-corrected chi connectivity index (χ2v) is 5.96. The summed E-state index contributed by atoms with van der Waals surface area (Å²) in [5.41, 5.74) is 4.89. The predicted molar refractivity (Wildman–Crippen MR) is 92.0 cm³/mol. The molecule has 24 heavy (non-hydrogen) atoms. The molecule has 4 aromatic rings. The van der Waals surface area contributed by atoms with Crippen molar-refractivity contribution < 1.29 is 0 Å². The van der Waals surface area contributed by atoms with Crippen molar-refractivity contribution in [3.8, 4) is 17.1 Å². The first kappa shape index (κ1) is 14.6. The SMILES string of the molecule is CCC(C)n1nc(C)c2[nH]c(-c3ccc(-n4cncn4)cc3)nc21. The molecule has 3 heterocycles. The number of fused-ring (bicyclic) bond motifs is 1. The van der Waals surface area contributed by atoms with E-state index in [9.17, 15) is 0 Å². The summed E-state index contributed by atoms with van der Waals surface area (Å²) in [7, 11) is 0. The fourth-order valence-corrected chi connectivity index (χ4v) is 2.77. The quantitative estimate of drug-likeness (QED) is 0.625. The lowest BCUT2D eigenvalue weighted by atomic mass is 10.2. The second-order valence-electron chi connectivity index (χ2n) is 5.96. The minimum absolute atomic E-state index is 0.326. The zero-order valence-electron chi connectivity index (χ0n) is 13.9. The Labute approximate surface area is 139 Å². The van der Waals surface area contributed by atoms with Crippen LogP contribution in [0.25, 0.3) is 28.2 Å². The Morgan fingerprint density at radius 2 is 2.00 bits per heavy atom. The molecule has 7 nitrogen and oxygen atoms in total. The predicted octanol–water partition coefficient (Wildman–Crippen LogP) is 3.29. The van der Waals surface area contributed by atoms with Gasteiger partial charge in [-0.2, -0.15) is 10.2 Å². The van der Waals surface area contributed by atoms with Crippen LogP contribution in [0.5, 0.6) is 0 Å². The summed E-state index contributed by atoms with van der Waals surface area (Å²) >= 11 is 0. The summed E-state index contributed by atoms with van der Waals surface area (Å²) in [5, 5.41) is 8.75. The molecule has 0 aliphatic heterocycles. The van der Waals surface area contributed by atoms with E-state index in [-0.39, 0.29) is 0 Å². The average Bonchev–Trinajstić information content (AvgIpc) is 3.33. The van der Waals surface area contributed by atoms with Crippen LogP contribution in [-0.4, -0.2) is 34.5 Å². The largest absolute Gasteiger partial charge is 0.335 e. The molecule has 7 heteroatoms. The Balaban J connectivity index is 1.74. The highest BCUT2D eigenvalue weighted by atomic mass is 15.3. The van der Waals surface area contributed by atoms with Gasteiger partial charge in [0.15, 0.2) is 5.65 Å². The van der Waals surface area contributed by atoms with E-state index in [1.54, 1.807) is 11.0 Å². The molecule has 1 atom stereocenters. The number of benzene rings is 1. The first-order chi connectivity index (χ1) is 11.7. The highest BCUT2D eigenvalue weighted by molar-refractivity contribution is 5.79. The molecule has 1 aromatic carbocycles. The van der Waals surface area contributed by atoms with E-state index in [4.69, 9.17) is 4.98 Å². The van der Waals surface area contributed by atoms with Crippen molar-refractivity contribution in [2.75, 3.05) is 0 Å². The van der Waals surface area contributed by atoms with Crippen LogP contribution in [0.2, 0.25) is 0 Å². The number of nitrogens with one attached hydrogen (secondary N) is 1. The third kappa shape index (κ3) is 2.29. The number of nitrogens with zero attached hydrogens (tertiary/aromatic N) is 6. The van der Waals surface area contributed by atoms with Gasteiger partial charge in [0, 0.05) is 5.56 Å². The number of H-pyrrole nitrogens is 1. The van der Waals surface area contributed by atoms with Gasteiger partial charge in [0.2, 0.25) is 0 Å². The van der Waals surface area contributed by atoms with Crippen molar-refractivity contribution in [3.05, 3.63) is 42.6 Å². The smallest absolute Gasteiger partial charge is 0.177 e. The van der Waals surface area contributed by atoms with Crippen molar-refractivity contribution in [2.24, 2.45) is 0 Å². The summed E-state index contributed by atoms with van der Waals surface area (Å²) in [6, 6.07) is 8.40. The van der Waals surface area contributed by atoms with Gasteiger partial charge in [-0.15, -0.1) is 0 Å². The number of aromatic nitrogens is 7. The summed E-state index contributed by atoms with van der Waals surface area (Å²) in [6.45, 7) is 6.33. The summed E-state index contributed by atoms with van der Waals surface area (Å²) < 4.78 is 3.74.